The molecule has 14 heavy (non-hydrogen) atoms. The highest BCUT2D eigenvalue weighted by molar-refractivity contribution is 5.78. The molecule has 1 atom stereocenters. The van der Waals surface area contributed by atoms with Crippen LogP contribution in [0.15, 0.2) is 0 Å². The number of aromatic nitrogens is 2. The lowest BCUT2D eigenvalue weighted by molar-refractivity contribution is -0.144. The Morgan fingerprint density at radius 2 is 2.21 bits per heavy atom. The summed E-state index contributed by atoms with van der Waals surface area (Å²) in [4.78, 5) is 11.5. The molecule has 4 heteroatoms. The van der Waals surface area contributed by atoms with Gasteiger partial charge >= 0.3 is 5.97 Å². The van der Waals surface area contributed by atoms with Crippen molar-refractivity contribution in [3.63, 3.8) is 0 Å². The summed E-state index contributed by atoms with van der Waals surface area (Å²) in [7, 11) is 0. The second-order valence-electron chi connectivity index (χ2n) is 3.32. The van der Waals surface area contributed by atoms with Gasteiger partial charge in [0.1, 0.15) is 0 Å². The van der Waals surface area contributed by atoms with Gasteiger partial charge in [-0.3, -0.25) is 9.89 Å². The molecule has 1 heterocycles. The number of ether oxygens (including phenoxy) is 1. The van der Waals surface area contributed by atoms with Crippen LogP contribution in [-0.2, 0) is 9.53 Å². The Balaban J connectivity index is 2.88. The third-order valence-electron chi connectivity index (χ3n) is 2.26. The largest absolute Gasteiger partial charge is 0.466 e. The third-order valence-corrected chi connectivity index (χ3v) is 2.26. The summed E-state index contributed by atoms with van der Waals surface area (Å²) in [6, 6.07) is 0. The molecule has 1 rings (SSSR count). The zero-order chi connectivity index (χ0) is 10.7. The van der Waals surface area contributed by atoms with Gasteiger partial charge < -0.3 is 4.74 Å². The number of hydrogen-bond donors (Lipinski definition) is 1. The number of aryl methyl sites for hydroxylation is 2. The minimum Gasteiger partial charge on any atom is -0.466 e. The highest BCUT2D eigenvalue weighted by Crippen LogP contribution is 2.22. The molecule has 0 spiro atoms. The molecule has 0 aliphatic carbocycles. The zero-order valence-electron chi connectivity index (χ0n) is 9.05. The van der Waals surface area contributed by atoms with Gasteiger partial charge in [-0.15, -0.1) is 0 Å². The fourth-order valence-corrected chi connectivity index (χ4v) is 1.58. The van der Waals surface area contributed by atoms with Gasteiger partial charge in [0.05, 0.1) is 18.2 Å². The van der Waals surface area contributed by atoms with E-state index in [1.54, 1.807) is 6.92 Å². The van der Waals surface area contributed by atoms with Crippen LogP contribution >= 0.6 is 0 Å². The molecule has 0 aromatic carbocycles. The first-order valence-electron chi connectivity index (χ1n) is 4.76. The summed E-state index contributed by atoms with van der Waals surface area (Å²) in [5.74, 6) is -0.436. The lowest BCUT2D eigenvalue weighted by Gasteiger charge is -2.10. The minimum absolute atomic E-state index is 0.194. The summed E-state index contributed by atoms with van der Waals surface area (Å²) < 4.78 is 4.96. The fraction of sp³-hybridized carbons (Fsp3) is 0.600. The van der Waals surface area contributed by atoms with E-state index in [1.165, 1.54) is 0 Å². The number of rotatable bonds is 3. The number of nitrogens with zero attached hydrogens (tertiary/aromatic N) is 1. The van der Waals surface area contributed by atoms with Crippen molar-refractivity contribution in [3.05, 3.63) is 17.0 Å². The quantitative estimate of drug-likeness (QED) is 0.748. The van der Waals surface area contributed by atoms with Crippen molar-refractivity contribution >= 4 is 5.97 Å². The number of carbonyl (C=O) groups is 1. The normalized spacial score (nSPS) is 12.6. The van der Waals surface area contributed by atoms with Crippen LogP contribution in [-0.4, -0.2) is 22.8 Å². The average Bonchev–Trinajstić information content (AvgIpc) is 2.46. The second-order valence-corrected chi connectivity index (χ2v) is 3.32. The van der Waals surface area contributed by atoms with E-state index in [1.807, 2.05) is 20.8 Å². The molecular weight excluding hydrogens is 180 g/mol. The fourth-order valence-electron chi connectivity index (χ4n) is 1.58. The van der Waals surface area contributed by atoms with E-state index in [2.05, 4.69) is 10.2 Å². The third kappa shape index (κ3) is 1.95. The molecule has 0 aliphatic rings. The Bertz CT molecular complexity index is 311. The number of H-pyrrole nitrogens is 1. The molecule has 0 radical (unpaired) electrons. The van der Waals surface area contributed by atoms with E-state index in [0.29, 0.717) is 6.61 Å². The van der Waals surface area contributed by atoms with Crippen molar-refractivity contribution in [2.24, 2.45) is 0 Å². The van der Waals surface area contributed by atoms with Gasteiger partial charge in [0.15, 0.2) is 0 Å². The summed E-state index contributed by atoms with van der Waals surface area (Å²) in [6.45, 7) is 7.85. The maximum Gasteiger partial charge on any atom is 0.313 e. The molecule has 0 saturated heterocycles. The molecule has 0 fully saturated rings. The smallest absolute Gasteiger partial charge is 0.313 e. The van der Waals surface area contributed by atoms with E-state index in [0.717, 1.165) is 17.0 Å². The molecule has 0 unspecified atom stereocenters. The van der Waals surface area contributed by atoms with Crippen molar-refractivity contribution in [2.75, 3.05) is 6.61 Å². The number of hydrogen-bond acceptors (Lipinski definition) is 3. The maximum atomic E-state index is 11.5. The number of esters is 1. The number of aromatic amines is 1. The van der Waals surface area contributed by atoms with E-state index < -0.39 is 0 Å². The Morgan fingerprint density at radius 3 is 2.64 bits per heavy atom. The van der Waals surface area contributed by atoms with Gasteiger partial charge in [0.25, 0.3) is 0 Å². The lowest BCUT2D eigenvalue weighted by Crippen LogP contribution is -2.14. The SMILES string of the molecule is CCOC(=O)[C@H](C)c1c(C)n[nH]c1C. The molecular formula is C10H16N2O2. The van der Waals surface area contributed by atoms with Gasteiger partial charge in [-0.25, -0.2) is 0 Å². The standard InChI is InChI=1S/C10H16N2O2/c1-5-14-10(13)6(2)9-7(3)11-12-8(9)4/h6H,5H2,1-4H3,(H,11,12)/t6-/m1/s1. The zero-order valence-corrected chi connectivity index (χ0v) is 9.05. The van der Waals surface area contributed by atoms with Crippen molar-refractivity contribution in [3.8, 4) is 0 Å². The van der Waals surface area contributed by atoms with Gasteiger partial charge in [0.2, 0.25) is 0 Å². The van der Waals surface area contributed by atoms with Crippen molar-refractivity contribution < 1.29 is 9.53 Å². The highest BCUT2D eigenvalue weighted by Gasteiger charge is 2.21. The van der Waals surface area contributed by atoms with Gasteiger partial charge in [-0.2, -0.15) is 5.10 Å². The predicted octanol–water partition coefficient (Wildman–Crippen LogP) is 1.69. The molecule has 0 aliphatic heterocycles. The van der Waals surface area contributed by atoms with Gasteiger partial charge in [0, 0.05) is 11.3 Å². The topological polar surface area (TPSA) is 55.0 Å². The van der Waals surface area contributed by atoms with Gasteiger partial charge in [-0.05, 0) is 27.7 Å². The van der Waals surface area contributed by atoms with E-state index in [-0.39, 0.29) is 11.9 Å². The van der Waals surface area contributed by atoms with Crippen LogP contribution in [0, 0.1) is 13.8 Å². The first-order chi connectivity index (χ1) is 6.57. The predicted molar refractivity (Wildman–Crippen MR) is 53.1 cm³/mol. The van der Waals surface area contributed by atoms with Crippen LogP contribution in [0.5, 0.6) is 0 Å². The molecule has 1 aromatic rings. The molecule has 78 valence electrons. The average molecular weight is 196 g/mol. The maximum absolute atomic E-state index is 11.5. The lowest BCUT2D eigenvalue weighted by atomic mass is 9.99. The first kappa shape index (κ1) is 10.8. The summed E-state index contributed by atoms with van der Waals surface area (Å²) in [5, 5.41) is 6.90. The van der Waals surface area contributed by atoms with Crippen LogP contribution in [0.1, 0.15) is 36.7 Å². The van der Waals surface area contributed by atoms with Crippen LogP contribution in [0.4, 0.5) is 0 Å². The second kappa shape index (κ2) is 4.26. The van der Waals surface area contributed by atoms with E-state index >= 15 is 0 Å². The van der Waals surface area contributed by atoms with Crippen molar-refractivity contribution in [1.82, 2.24) is 10.2 Å². The molecule has 4 nitrogen and oxygen atoms in total. The molecule has 0 bridgehead atoms. The monoisotopic (exact) mass is 196 g/mol. The Kier molecular flexibility index (Phi) is 3.28. The van der Waals surface area contributed by atoms with Crippen LogP contribution in [0.3, 0.4) is 0 Å². The molecule has 1 N–H and O–H groups in total. The van der Waals surface area contributed by atoms with Crippen LogP contribution < -0.4 is 0 Å². The Hall–Kier alpha value is -1.32. The minimum atomic E-state index is -0.242. The molecule has 1 aromatic heterocycles. The summed E-state index contributed by atoms with van der Waals surface area (Å²) in [6.07, 6.45) is 0. The van der Waals surface area contributed by atoms with E-state index in [4.69, 9.17) is 4.74 Å². The summed E-state index contributed by atoms with van der Waals surface area (Å²) >= 11 is 0. The molecule has 0 amide bonds. The Labute approximate surface area is 83.7 Å². The summed E-state index contributed by atoms with van der Waals surface area (Å²) in [5.41, 5.74) is 2.74. The van der Waals surface area contributed by atoms with E-state index in [9.17, 15) is 4.79 Å². The van der Waals surface area contributed by atoms with Crippen LogP contribution in [0.2, 0.25) is 0 Å². The molecule has 0 saturated carbocycles. The highest BCUT2D eigenvalue weighted by atomic mass is 16.5. The van der Waals surface area contributed by atoms with Crippen LogP contribution in [0.25, 0.3) is 0 Å². The van der Waals surface area contributed by atoms with Gasteiger partial charge in [-0.1, -0.05) is 0 Å². The number of carbonyl (C=O) groups excluding carboxylic acids is 1. The first-order valence-corrected chi connectivity index (χ1v) is 4.76. The van der Waals surface area contributed by atoms with Crippen molar-refractivity contribution in [1.29, 1.82) is 0 Å². The Morgan fingerprint density at radius 1 is 1.57 bits per heavy atom. The van der Waals surface area contributed by atoms with Crippen molar-refractivity contribution in [2.45, 2.75) is 33.6 Å². The number of nitrogens with one attached hydrogen (secondary N) is 1.